The highest BCUT2D eigenvalue weighted by molar-refractivity contribution is 9.10. The second kappa shape index (κ2) is 4.04. The molecule has 1 saturated heterocycles. The Labute approximate surface area is 96.6 Å². The summed E-state index contributed by atoms with van der Waals surface area (Å²) in [6.45, 7) is 2.01. The Morgan fingerprint density at radius 2 is 2.36 bits per heavy atom. The highest BCUT2D eigenvalue weighted by atomic mass is 79.9. The summed E-state index contributed by atoms with van der Waals surface area (Å²) in [6, 6.07) is 2.38. The Bertz CT molecular complexity index is 341. The van der Waals surface area contributed by atoms with Crippen molar-refractivity contribution in [3.63, 3.8) is 0 Å². The van der Waals surface area contributed by atoms with Crippen molar-refractivity contribution in [2.24, 2.45) is 0 Å². The zero-order chi connectivity index (χ0) is 10.1. The maximum absolute atomic E-state index is 6.09. The van der Waals surface area contributed by atoms with E-state index in [1.807, 2.05) is 13.1 Å². The minimum absolute atomic E-state index is 0.515. The van der Waals surface area contributed by atoms with Crippen molar-refractivity contribution >= 4 is 33.3 Å². The molecule has 1 aromatic heterocycles. The molecule has 1 N–H and O–H groups in total. The van der Waals surface area contributed by atoms with E-state index in [1.165, 1.54) is 0 Å². The number of likely N-dealkylation sites (N-methyl/N-ethyl adjacent to an activating group) is 1. The topological polar surface area (TPSA) is 28.2 Å². The average Bonchev–Trinajstić information content (AvgIpc) is 2.00. The van der Waals surface area contributed by atoms with Crippen LogP contribution in [0.3, 0.4) is 0 Å². The maximum Gasteiger partial charge on any atom is 0.147 e. The van der Waals surface area contributed by atoms with Crippen LogP contribution in [0.25, 0.3) is 0 Å². The van der Waals surface area contributed by atoms with E-state index >= 15 is 0 Å². The molecule has 5 heteroatoms. The fraction of sp³-hybridized carbons (Fsp3) is 0.444. The van der Waals surface area contributed by atoms with Crippen LogP contribution in [-0.4, -0.2) is 31.2 Å². The summed E-state index contributed by atoms with van der Waals surface area (Å²) in [5, 5.41) is 3.91. The van der Waals surface area contributed by atoms with Gasteiger partial charge < -0.3 is 10.2 Å². The van der Waals surface area contributed by atoms with Gasteiger partial charge in [-0.25, -0.2) is 4.98 Å². The van der Waals surface area contributed by atoms with Crippen LogP contribution in [0.4, 0.5) is 5.82 Å². The third-order valence-electron chi connectivity index (χ3n) is 2.43. The van der Waals surface area contributed by atoms with Gasteiger partial charge in [-0.15, -0.1) is 0 Å². The molecule has 3 nitrogen and oxygen atoms in total. The third-order valence-corrected chi connectivity index (χ3v) is 3.14. The van der Waals surface area contributed by atoms with Crippen LogP contribution >= 0.6 is 27.5 Å². The quantitative estimate of drug-likeness (QED) is 0.894. The summed E-state index contributed by atoms with van der Waals surface area (Å²) >= 11 is 9.43. The van der Waals surface area contributed by atoms with Gasteiger partial charge >= 0.3 is 0 Å². The van der Waals surface area contributed by atoms with Gasteiger partial charge in [0, 0.05) is 30.8 Å². The van der Waals surface area contributed by atoms with E-state index in [-0.39, 0.29) is 0 Å². The molecule has 0 bridgehead atoms. The Morgan fingerprint density at radius 1 is 1.64 bits per heavy atom. The lowest BCUT2D eigenvalue weighted by atomic mass is 10.1. The zero-order valence-corrected chi connectivity index (χ0v) is 10.1. The van der Waals surface area contributed by atoms with Crippen LogP contribution in [-0.2, 0) is 0 Å². The number of aromatic nitrogens is 1. The van der Waals surface area contributed by atoms with E-state index in [4.69, 9.17) is 11.6 Å². The van der Waals surface area contributed by atoms with Crippen LogP contribution in [0.15, 0.2) is 16.7 Å². The summed E-state index contributed by atoms with van der Waals surface area (Å²) in [4.78, 5) is 6.42. The van der Waals surface area contributed by atoms with Crippen LogP contribution < -0.4 is 10.2 Å². The van der Waals surface area contributed by atoms with E-state index in [0.29, 0.717) is 11.1 Å². The fourth-order valence-electron chi connectivity index (χ4n) is 1.39. The van der Waals surface area contributed by atoms with Crippen molar-refractivity contribution in [2.75, 3.05) is 25.0 Å². The smallest absolute Gasteiger partial charge is 0.147 e. The first-order valence-electron chi connectivity index (χ1n) is 4.43. The van der Waals surface area contributed by atoms with E-state index in [1.54, 1.807) is 6.20 Å². The summed E-state index contributed by atoms with van der Waals surface area (Å²) < 4.78 is 0.909. The molecule has 0 aromatic carbocycles. The van der Waals surface area contributed by atoms with Gasteiger partial charge in [0.2, 0.25) is 0 Å². The lowest BCUT2D eigenvalue weighted by molar-refractivity contribution is 0.427. The average molecular weight is 277 g/mol. The molecule has 76 valence electrons. The first-order chi connectivity index (χ1) is 6.68. The molecular weight excluding hydrogens is 265 g/mol. The largest absolute Gasteiger partial charge is 0.353 e. The second-order valence-electron chi connectivity index (χ2n) is 3.38. The summed E-state index contributed by atoms with van der Waals surface area (Å²) in [6.07, 6.45) is 1.77. The van der Waals surface area contributed by atoms with Crippen LogP contribution in [0, 0.1) is 0 Å². The molecule has 0 aliphatic carbocycles. The van der Waals surface area contributed by atoms with Gasteiger partial charge in [0.15, 0.2) is 0 Å². The highest BCUT2D eigenvalue weighted by Crippen LogP contribution is 2.27. The third kappa shape index (κ3) is 1.87. The maximum atomic E-state index is 6.09. The molecule has 0 spiro atoms. The first kappa shape index (κ1) is 10.2. The molecule has 0 atom stereocenters. The molecule has 14 heavy (non-hydrogen) atoms. The minimum atomic E-state index is 0.515. The molecule has 2 rings (SSSR count). The molecule has 0 unspecified atom stereocenters. The van der Waals surface area contributed by atoms with Crippen LogP contribution in [0.1, 0.15) is 0 Å². The standard InChI is InChI=1S/C9H11BrClN3/c1-14(7-4-12-5-7)9-8(11)2-6(10)3-13-9/h2-3,7,12H,4-5H2,1H3. The number of anilines is 1. The Morgan fingerprint density at radius 3 is 2.86 bits per heavy atom. The van der Waals surface area contributed by atoms with Crippen molar-refractivity contribution in [1.82, 2.24) is 10.3 Å². The zero-order valence-electron chi connectivity index (χ0n) is 7.80. The van der Waals surface area contributed by atoms with Gasteiger partial charge in [-0.1, -0.05) is 11.6 Å². The van der Waals surface area contributed by atoms with Crippen molar-refractivity contribution < 1.29 is 0 Å². The van der Waals surface area contributed by atoms with Gasteiger partial charge in [-0.05, 0) is 22.0 Å². The van der Waals surface area contributed by atoms with E-state index in [9.17, 15) is 0 Å². The van der Waals surface area contributed by atoms with Crippen LogP contribution in [0.5, 0.6) is 0 Å². The van der Waals surface area contributed by atoms with Crippen molar-refractivity contribution in [3.05, 3.63) is 21.8 Å². The molecule has 0 saturated carbocycles. The Hall–Kier alpha value is -0.320. The fourth-order valence-corrected chi connectivity index (χ4v) is 2.15. The number of halogens is 2. The molecular formula is C9H11BrClN3. The number of hydrogen-bond donors (Lipinski definition) is 1. The van der Waals surface area contributed by atoms with Gasteiger partial charge in [0.1, 0.15) is 5.82 Å². The molecule has 2 heterocycles. The van der Waals surface area contributed by atoms with Crippen molar-refractivity contribution in [2.45, 2.75) is 6.04 Å². The van der Waals surface area contributed by atoms with E-state index in [0.717, 1.165) is 23.4 Å². The molecule has 0 radical (unpaired) electrons. The van der Waals surface area contributed by atoms with E-state index in [2.05, 4.69) is 31.1 Å². The van der Waals surface area contributed by atoms with Crippen LogP contribution in [0.2, 0.25) is 5.02 Å². The normalized spacial score (nSPS) is 16.5. The van der Waals surface area contributed by atoms with Gasteiger partial charge in [0.25, 0.3) is 0 Å². The summed E-state index contributed by atoms with van der Waals surface area (Å²) in [5.41, 5.74) is 0. The van der Waals surface area contributed by atoms with Gasteiger partial charge in [0.05, 0.1) is 11.1 Å². The molecule has 1 aliphatic heterocycles. The molecule has 1 aromatic rings. The molecule has 1 aliphatic rings. The Kier molecular flexibility index (Phi) is 2.95. The molecule has 1 fully saturated rings. The number of pyridine rings is 1. The number of nitrogens with zero attached hydrogens (tertiary/aromatic N) is 2. The van der Waals surface area contributed by atoms with Gasteiger partial charge in [-0.2, -0.15) is 0 Å². The summed E-state index contributed by atoms with van der Waals surface area (Å²) in [7, 11) is 2.02. The lowest BCUT2D eigenvalue weighted by Crippen LogP contribution is -2.56. The number of nitrogens with one attached hydrogen (secondary N) is 1. The van der Waals surface area contributed by atoms with E-state index < -0.39 is 0 Å². The number of rotatable bonds is 2. The minimum Gasteiger partial charge on any atom is -0.353 e. The predicted molar refractivity (Wildman–Crippen MR) is 62.0 cm³/mol. The second-order valence-corrected chi connectivity index (χ2v) is 4.70. The lowest BCUT2D eigenvalue weighted by Gasteiger charge is -2.36. The monoisotopic (exact) mass is 275 g/mol. The van der Waals surface area contributed by atoms with Crippen molar-refractivity contribution in [3.8, 4) is 0 Å². The first-order valence-corrected chi connectivity index (χ1v) is 5.60. The Balaban J connectivity index is 2.22. The van der Waals surface area contributed by atoms with Crippen molar-refractivity contribution in [1.29, 1.82) is 0 Å². The van der Waals surface area contributed by atoms with Gasteiger partial charge in [-0.3, -0.25) is 0 Å². The molecule has 0 amide bonds. The highest BCUT2D eigenvalue weighted by Gasteiger charge is 2.23. The summed E-state index contributed by atoms with van der Waals surface area (Å²) in [5.74, 6) is 0.848. The predicted octanol–water partition coefficient (Wildman–Crippen LogP) is 1.91. The number of hydrogen-bond acceptors (Lipinski definition) is 3. The SMILES string of the molecule is CN(c1ncc(Br)cc1Cl)C1CNC1.